The number of hydrogen-bond acceptors (Lipinski definition) is 4. The average molecular weight is 329 g/mol. The molecule has 1 amide bonds. The van der Waals surface area contributed by atoms with Crippen LogP contribution in [0, 0.1) is 11.8 Å². The van der Waals surface area contributed by atoms with Crippen LogP contribution in [-0.4, -0.2) is 44.1 Å². The Labute approximate surface area is 143 Å². The lowest BCUT2D eigenvalue weighted by atomic mass is 10.1. The Morgan fingerprint density at radius 2 is 1.79 bits per heavy atom. The van der Waals surface area contributed by atoms with Crippen molar-refractivity contribution in [1.29, 1.82) is 0 Å². The molecule has 0 N–H and O–H groups in total. The first kappa shape index (κ1) is 18.1. The molecule has 6 heteroatoms. The number of tetrazole rings is 1. The van der Waals surface area contributed by atoms with Gasteiger partial charge in [-0.15, -0.1) is 5.10 Å². The van der Waals surface area contributed by atoms with Crippen molar-refractivity contribution in [3.8, 4) is 5.69 Å². The third kappa shape index (κ3) is 5.15. The summed E-state index contributed by atoms with van der Waals surface area (Å²) in [6, 6.07) is 7.46. The van der Waals surface area contributed by atoms with Gasteiger partial charge in [-0.05, 0) is 53.3 Å². The molecule has 6 nitrogen and oxygen atoms in total. The average Bonchev–Trinajstić information content (AvgIpc) is 3.08. The van der Waals surface area contributed by atoms with Gasteiger partial charge in [-0.2, -0.15) is 0 Å². The highest BCUT2D eigenvalue weighted by atomic mass is 16.2. The second-order valence-electron chi connectivity index (χ2n) is 6.96. The van der Waals surface area contributed by atoms with Crippen molar-refractivity contribution >= 4 is 5.91 Å². The fourth-order valence-corrected chi connectivity index (χ4v) is 2.39. The molecule has 0 aliphatic heterocycles. The van der Waals surface area contributed by atoms with Crippen LogP contribution in [0.2, 0.25) is 0 Å². The molecular formula is C18H27N5O. The third-order valence-corrected chi connectivity index (χ3v) is 3.95. The van der Waals surface area contributed by atoms with Crippen LogP contribution in [0.1, 0.15) is 50.9 Å². The number of aromatic nitrogens is 4. The second kappa shape index (κ2) is 8.57. The molecular weight excluding hydrogens is 302 g/mol. The minimum atomic E-state index is 0.0752. The second-order valence-corrected chi connectivity index (χ2v) is 6.96. The van der Waals surface area contributed by atoms with Crippen LogP contribution in [0.5, 0.6) is 0 Å². The number of rotatable bonds is 8. The van der Waals surface area contributed by atoms with Crippen molar-refractivity contribution < 1.29 is 4.79 Å². The number of nitrogens with zero attached hydrogens (tertiary/aromatic N) is 5. The first-order valence-corrected chi connectivity index (χ1v) is 8.60. The van der Waals surface area contributed by atoms with Crippen LogP contribution in [0.3, 0.4) is 0 Å². The number of benzene rings is 1. The standard InChI is InChI=1S/C18H27N5O/c1-14(2)8-10-22(11-9-15(3)4)18(24)16-6-5-7-17(12-16)23-13-19-20-21-23/h5-7,12-15H,8-11H2,1-4H3. The monoisotopic (exact) mass is 329 g/mol. The molecule has 0 unspecified atom stereocenters. The lowest BCUT2D eigenvalue weighted by Crippen LogP contribution is -2.34. The van der Waals surface area contributed by atoms with E-state index in [1.165, 1.54) is 6.33 Å². The number of carbonyl (C=O) groups excluding carboxylic acids is 1. The SMILES string of the molecule is CC(C)CCN(CCC(C)C)C(=O)c1cccc(-n2cnnn2)c1. The van der Waals surface area contributed by atoms with Crippen LogP contribution >= 0.6 is 0 Å². The van der Waals surface area contributed by atoms with Crippen LogP contribution in [0.15, 0.2) is 30.6 Å². The van der Waals surface area contributed by atoms with Crippen molar-refractivity contribution in [2.24, 2.45) is 11.8 Å². The predicted molar refractivity (Wildman–Crippen MR) is 94.0 cm³/mol. The van der Waals surface area contributed by atoms with E-state index in [0.717, 1.165) is 31.6 Å². The van der Waals surface area contributed by atoms with Gasteiger partial charge in [0, 0.05) is 18.7 Å². The van der Waals surface area contributed by atoms with Crippen LogP contribution < -0.4 is 0 Å². The zero-order chi connectivity index (χ0) is 17.5. The topological polar surface area (TPSA) is 63.9 Å². The van der Waals surface area contributed by atoms with Crippen LogP contribution in [0.4, 0.5) is 0 Å². The molecule has 1 aromatic carbocycles. The summed E-state index contributed by atoms with van der Waals surface area (Å²) in [5.74, 6) is 1.23. The van der Waals surface area contributed by atoms with Gasteiger partial charge >= 0.3 is 0 Å². The van der Waals surface area contributed by atoms with Crippen molar-refractivity contribution in [2.45, 2.75) is 40.5 Å². The normalized spacial score (nSPS) is 11.2. The van der Waals surface area contributed by atoms with Crippen molar-refractivity contribution in [3.05, 3.63) is 36.2 Å². The fourth-order valence-electron chi connectivity index (χ4n) is 2.39. The molecule has 2 aromatic rings. The predicted octanol–water partition coefficient (Wildman–Crippen LogP) is 3.20. The van der Waals surface area contributed by atoms with Gasteiger partial charge in [0.25, 0.3) is 5.91 Å². The Morgan fingerprint density at radius 1 is 1.12 bits per heavy atom. The molecule has 0 radical (unpaired) electrons. The Balaban J connectivity index is 2.16. The number of carbonyl (C=O) groups is 1. The van der Waals surface area contributed by atoms with Crippen LogP contribution in [-0.2, 0) is 0 Å². The number of amides is 1. The van der Waals surface area contributed by atoms with Crippen molar-refractivity contribution in [1.82, 2.24) is 25.1 Å². The van der Waals surface area contributed by atoms with E-state index in [0.29, 0.717) is 17.4 Å². The van der Waals surface area contributed by atoms with Crippen molar-refractivity contribution in [3.63, 3.8) is 0 Å². The Bertz CT molecular complexity index is 625. The van der Waals surface area contributed by atoms with Crippen LogP contribution in [0.25, 0.3) is 5.69 Å². The van der Waals surface area contributed by atoms with E-state index in [1.54, 1.807) is 4.68 Å². The van der Waals surface area contributed by atoms with Crippen molar-refractivity contribution in [2.75, 3.05) is 13.1 Å². The maximum Gasteiger partial charge on any atom is 0.253 e. The molecule has 0 spiro atoms. The van der Waals surface area contributed by atoms with Gasteiger partial charge in [-0.25, -0.2) is 4.68 Å². The van der Waals surface area contributed by atoms with Gasteiger partial charge < -0.3 is 4.90 Å². The minimum absolute atomic E-state index is 0.0752. The van der Waals surface area contributed by atoms with E-state index in [-0.39, 0.29) is 5.91 Å². The molecule has 0 aliphatic rings. The zero-order valence-corrected chi connectivity index (χ0v) is 15.0. The fraction of sp³-hybridized carbons (Fsp3) is 0.556. The summed E-state index contributed by atoms with van der Waals surface area (Å²) in [5, 5.41) is 11.2. The summed E-state index contributed by atoms with van der Waals surface area (Å²) in [5.41, 5.74) is 1.47. The maximum atomic E-state index is 13.0. The highest BCUT2D eigenvalue weighted by Gasteiger charge is 2.17. The minimum Gasteiger partial charge on any atom is -0.339 e. The molecule has 0 saturated heterocycles. The highest BCUT2D eigenvalue weighted by Crippen LogP contribution is 2.14. The van der Waals surface area contributed by atoms with E-state index in [2.05, 4.69) is 43.2 Å². The molecule has 2 rings (SSSR count). The lowest BCUT2D eigenvalue weighted by Gasteiger charge is -2.25. The first-order valence-electron chi connectivity index (χ1n) is 8.60. The summed E-state index contributed by atoms with van der Waals surface area (Å²) >= 11 is 0. The van der Waals surface area contributed by atoms with E-state index in [1.807, 2.05) is 29.2 Å². The van der Waals surface area contributed by atoms with Gasteiger partial charge in [0.15, 0.2) is 0 Å². The maximum absolute atomic E-state index is 13.0. The van der Waals surface area contributed by atoms with Gasteiger partial charge in [0.05, 0.1) is 5.69 Å². The zero-order valence-electron chi connectivity index (χ0n) is 15.0. The van der Waals surface area contributed by atoms with E-state index < -0.39 is 0 Å². The van der Waals surface area contributed by atoms with E-state index >= 15 is 0 Å². The Kier molecular flexibility index (Phi) is 6.46. The quantitative estimate of drug-likeness (QED) is 0.746. The molecule has 0 bridgehead atoms. The first-order chi connectivity index (χ1) is 11.5. The van der Waals surface area contributed by atoms with E-state index in [9.17, 15) is 4.79 Å². The molecule has 1 heterocycles. The summed E-state index contributed by atoms with van der Waals surface area (Å²) in [4.78, 5) is 14.9. The smallest absolute Gasteiger partial charge is 0.253 e. The number of hydrogen-bond donors (Lipinski definition) is 0. The van der Waals surface area contributed by atoms with E-state index in [4.69, 9.17) is 0 Å². The molecule has 0 aliphatic carbocycles. The Hall–Kier alpha value is -2.24. The van der Waals surface area contributed by atoms with Gasteiger partial charge in [-0.3, -0.25) is 4.79 Å². The lowest BCUT2D eigenvalue weighted by molar-refractivity contribution is 0.0741. The molecule has 0 atom stereocenters. The molecule has 0 fully saturated rings. The molecule has 1 aromatic heterocycles. The molecule has 130 valence electrons. The summed E-state index contributed by atoms with van der Waals surface area (Å²) < 4.78 is 1.56. The summed E-state index contributed by atoms with van der Waals surface area (Å²) in [6.07, 6.45) is 3.55. The summed E-state index contributed by atoms with van der Waals surface area (Å²) in [7, 11) is 0. The largest absolute Gasteiger partial charge is 0.339 e. The highest BCUT2D eigenvalue weighted by molar-refractivity contribution is 5.94. The van der Waals surface area contributed by atoms with Gasteiger partial charge in [0.1, 0.15) is 6.33 Å². The Morgan fingerprint density at radius 3 is 2.33 bits per heavy atom. The molecule has 24 heavy (non-hydrogen) atoms. The van der Waals surface area contributed by atoms with Gasteiger partial charge in [0.2, 0.25) is 0 Å². The summed E-state index contributed by atoms with van der Waals surface area (Å²) in [6.45, 7) is 10.3. The third-order valence-electron chi connectivity index (χ3n) is 3.95. The van der Waals surface area contributed by atoms with Gasteiger partial charge in [-0.1, -0.05) is 33.8 Å². The molecule has 0 saturated carbocycles.